The van der Waals surface area contributed by atoms with Crippen LogP contribution in [0.2, 0.25) is 0 Å². The number of phenols is 1. The van der Waals surface area contributed by atoms with Gasteiger partial charge in [-0.15, -0.1) is 0 Å². The molecule has 1 aromatic rings. The summed E-state index contributed by atoms with van der Waals surface area (Å²) in [4.78, 5) is 22.3. The summed E-state index contributed by atoms with van der Waals surface area (Å²) < 4.78 is 0. The Kier molecular flexibility index (Phi) is 4.50. The van der Waals surface area contributed by atoms with Crippen molar-refractivity contribution in [3.63, 3.8) is 0 Å². The SMILES string of the molecule is Cc1ccc(O)c(C(=O)NCC(C)(O)CC(=O)O)c1. The number of hydrogen-bond donors (Lipinski definition) is 4. The minimum absolute atomic E-state index is 0.0890. The third-order valence-electron chi connectivity index (χ3n) is 2.56. The second kappa shape index (κ2) is 5.71. The van der Waals surface area contributed by atoms with Gasteiger partial charge in [-0.2, -0.15) is 0 Å². The van der Waals surface area contributed by atoms with E-state index in [1.165, 1.54) is 19.1 Å². The van der Waals surface area contributed by atoms with Crippen LogP contribution < -0.4 is 5.32 Å². The maximum Gasteiger partial charge on any atom is 0.306 e. The fraction of sp³-hybridized carbons (Fsp3) is 0.385. The summed E-state index contributed by atoms with van der Waals surface area (Å²) in [7, 11) is 0. The topological polar surface area (TPSA) is 107 Å². The predicted molar refractivity (Wildman–Crippen MR) is 68.1 cm³/mol. The average molecular weight is 267 g/mol. The number of carboxylic acid groups (broad SMARTS) is 1. The normalized spacial score (nSPS) is 13.6. The van der Waals surface area contributed by atoms with E-state index in [4.69, 9.17) is 5.11 Å². The Hall–Kier alpha value is -2.08. The number of rotatable bonds is 5. The van der Waals surface area contributed by atoms with Crippen LogP contribution in [0.4, 0.5) is 0 Å². The minimum atomic E-state index is -1.54. The molecular formula is C13H17NO5. The number of hydrogen-bond acceptors (Lipinski definition) is 4. The van der Waals surface area contributed by atoms with E-state index in [1.54, 1.807) is 13.0 Å². The molecule has 104 valence electrons. The summed E-state index contributed by atoms with van der Waals surface area (Å²) >= 11 is 0. The number of aromatic hydroxyl groups is 1. The molecule has 1 atom stereocenters. The van der Waals surface area contributed by atoms with Crippen LogP contribution in [0, 0.1) is 6.92 Å². The van der Waals surface area contributed by atoms with Crippen LogP contribution in [0.3, 0.4) is 0 Å². The van der Waals surface area contributed by atoms with Crippen LogP contribution in [0.15, 0.2) is 18.2 Å². The van der Waals surface area contributed by atoms with Crippen molar-refractivity contribution in [1.29, 1.82) is 0 Å². The Morgan fingerprint density at radius 3 is 2.58 bits per heavy atom. The number of benzene rings is 1. The maximum atomic E-state index is 11.8. The molecule has 0 radical (unpaired) electrons. The molecule has 6 nitrogen and oxygen atoms in total. The van der Waals surface area contributed by atoms with Gasteiger partial charge >= 0.3 is 5.97 Å². The lowest BCUT2D eigenvalue weighted by Gasteiger charge is -2.21. The van der Waals surface area contributed by atoms with E-state index in [2.05, 4.69) is 5.32 Å². The lowest BCUT2D eigenvalue weighted by molar-refractivity contribution is -0.141. The zero-order chi connectivity index (χ0) is 14.6. The predicted octanol–water partition coefficient (Wildman–Crippen LogP) is 0.656. The number of carbonyl (C=O) groups is 2. The second-order valence-electron chi connectivity index (χ2n) is 4.77. The summed E-state index contributed by atoms with van der Waals surface area (Å²) in [5.74, 6) is -1.88. The Morgan fingerprint density at radius 2 is 2.00 bits per heavy atom. The third-order valence-corrected chi connectivity index (χ3v) is 2.56. The van der Waals surface area contributed by atoms with Gasteiger partial charge in [0.2, 0.25) is 0 Å². The fourth-order valence-electron chi connectivity index (χ4n) is 1.59. The minimum Gasteiger partial charge on any atom is -0.507 e. The highest BCUT2D eigenvalue weighted by Crippen LogP contribution is 2.18. The number of aryl methyl sites for hydroxylation is 1. The molecule has 19 heavy (non-hydrogen) atoms. The van der Waals surface area contributed by atoms with Crippen molar-refractivity contribution in [2.75, 3.05) is 6.54 Å². The summed E-state index contributed by atoms with van der Waals surface area (Å²) in [5, 5.41) is 30.3. The zero-order valence-electron chi connectivity index (χ0n) is 10.8. The van der Waals surface area contributed by atoms with Gasteiger partial charge in [-0.3, -0.25) is 9.59 Å². The number of amides is 1. The van der Waals surface area contributed by atoms with Gasteiger partial charge in [0.15, 0.2) is 0 Å². The van der Waals surface area contributed by atoms with Crippen molar-refractivity contribution in [1.82, 2.24) is 5.32 Å². The standard InChI is InChI=1S/C13H17NO5/c1-8-3-4-10(15)9(5-8)12(18)14-7-13(2,19)6-11(16)17/h3-5,15,19H,6-7H2,1-2H3,(H,14,18)(H,16,17). The first-order valence-corrected chi connectivity index (χ1v) is 5.73. The molecule has 0 saturated heterocycles. The van der Waals surface area contributed by atoms with Crippen molar-refractivity contribution >= 4 is 11.9 Å². The Morgan fingerprint density at radius 1 is 1.37 bits per heavy atom. The van der Waals surface area contributed by atoms with Crippen LogP contribution in [0.25, 0.3) is 0 Å². The van der Waals surface area contributed by atoms with Crippen molar-refractivity contribution in [3.05, 3.63) is 29.3 Å². The van der Waals surface area contributed by atoms with E-state index in [9.17, 15) is 19.8 Å². The van der Waals surface area contributed by atoms with Gasteiger partial charge in [-0.1, -0.05) is 11.6 Å². The summed E-state index contributed by atoms with van der Waals surface area (Å²) in [6.07, 6.45) is -0.479. The Labute approximate surface area is 110 Å². The van der Waals surface area contributed by atoms with E-state index in [0.717, 1.165) is 5.56 Å². The van der Waals surface area contributed by atoms with Crippen molar-refractivity contribution in [2.24, 2.45) is 0 Å². The number of aliphatic hydroxyl groups is 1. The Bertz CT molecular complexity index is 496. The van der Waals surface area contributed by atoms with Gasteiger partial charge in [0.05, 0.1) is 17.6 Å². The molecule has 0 aromatic heterocycles. The number of phenolic OH excluding ortho intramolecular Hbond substituents is 1. The van der Waals surface area contributed by atoms with Gasteiger partial charge in [-0.05, 0) is 26.0 Å². The first-order valence-electron chi connectivity index (χ1n) is 5.73. The fourth-order valence-corrected chi connectivity index (χ4v) is 1.59. The summed E-state index contributed by atoms with van der Waals surface area (Å²) in [5.41, 5.74) is -0.646. The highest BCUT2D eigenvalue weighted by molar-refractivity contribution is 5.97. The van der Waals surface area contributed by atoms with E-state index in [1.807, 2.05) is 0 Å². The highest BCUT2D eigenvalue weighted by atomic mass is 16.4. The van der Waals surface area contributed by atoms with Gasteiger partial charge in [-0.25, -0.2) is 0 Å². The molecule has 1 unspecified atom stereocenters. The van der Waals surface area contributed by atoms with E-state index < -0.39 is 23.9 Å². The quantitative estimate of drug-likeness (QED) is 0.627. The number of nitrogens with one attached hydrogen (secondary N) is 1. The molecule has 1 rings (SSSR count). The Balaban J connectivity index is 2.70. The molecule has 1 aromatic carbocycles. The molecule has 0 spiro atoms. The molecule has 0 aliphatic rings. The molecule has 6 heteroatoms. The average Bonchev–Trinajstić information content (AvgIpc) is 2.27. The molecule has 0 bridgehead atoms. The summed E-state index contributed by atoms with van der Waals surface area (Å²) in [6.45, 7) is 2.87. The number of carboxylic acids is 1. The zero-order valence-corrected chi connectivity index (χ0v) is 10.8. The molecule has 0 aliphatic heterocycles. The largest absolute Gasteiger partial charge is 0.507 e. The van der Waals surface area contributed by atoms with Crippen LogP contribution in [-0.4, -0.2) is 39.3 Å². The number of aliphatic carboxylic acids is 1. The first kappa shape index (κ1) is 15.0. The van der Waals surface area contributed by atoms with Crippen LogP contribution in [-0.2, 0) is 4.79 Å². The van der Waals surface area contributed by atoms with Crippen LogP contribution in [0.5, 0.6) is 5.75 Å². The van der Waals surface area contributed by atoms with Crippen LogP contribution >= 0.6 is 0 Å². The third kappa shape index (κ3) is 4.59. The van der Waals surface area contributed by atoms with Crippen LogP contribution in [0.1, 0.15) is 29.3 Å². The lowest BCUT2D eigenvalue weighted by Crippen LogP contribution is -2.42. The molecular weight excluding hydrogens is 250 g/mol. The molecule has 0 saturated carbocycles. The first-order chi connectivity index (χ1) is 8.71. The summed E-state index contributed by atoms with van der Waals surface area (Å²) in [6, 6.07) is 4.57. The monoisotopic (exact) mass is 267 g/mol. The van der Waals surface area contributed by atoms with Gasteiger partial charge in [0.25, 0.3) is 5.91 Å². The van der Waals surface area contributed by atoms with E-state index >= 15 is 0 Å². The second-order valence-corrected chi connectivity index (χ2v) is 4.77. The lowest BCUT2D eigenvalue weighted by atomic mass is 10.0. The van der Waals surface area contributed by atoms with Crippen molar-refractivity contribution in [3.8, 4) is 5.75 Å². The smallest absolute Gasteiger partial charge is 0.306 e. The number of carbonyl (C=O) groups excluding carboxylic acids is 1. The molecule has 4 N–H and O–H groups in total. The molecule has 0 aliphatic carbocycles. The van der Waals surface area contributed by atoms with Gasteiger partial charge < -0.3 is 20.6 Å². The molecule has 1 amide bonds. The van der Waals surface area contributed by atoms with Crippen molar-refractivity contribution < 1.29 is 24.9 Å². The van der Waals surface area contributed by atoms with E-state index in [-0.39, 0.29) is 17.9 Å². The van der Waals surface area contributed by atoms with Gasteiger partial charge in [0.1, 0.15) is 5.75 Å². The molecule has 0 heterocycles. The van der Waals surface area contributed by atoms with Gasteiger partial charge in [0, 0.05) is 6.54 Å². The van der Waals surface area contributed by atoms with E-state index in [0.29, 0.717) is 0 Å². The molecule has 0 fully saturated rings. The maximum absolute atomic E-state index is 11.8. The highest BCUT2D eigenvalue weighted by Gasteiger charge is 2.25. The van der Waals surface area contributed by atoms with Crippen molar-refractivity contribution in [2.45, 2.75) is 25.9 Å².